The van der Waals surface area contributed by atoms with Gasteiger partial charge in [-0.2, -0.15) is 13.2 Å². The average molecular weight is 345 g/mol. The fourth-order valence-electron chi connectivity index (χ4n) is 1.19. The van der Waals surface area contributed by atoms with Crippen LogP contribution in [0.3, 0.4) is 0 Å². The van der Waals surface area contributed by atoms with Gasteiger partial charge in [0.2, 0.25) is 5.91 Å². The smallest absolute Gasteiger partial charge is 0.325 e. The Kier molecular flexibility index (Phi) is 4.66. The lowest BCUT2D eigenvalue weighted by Gasteiger charge is -2.15. The van der Waals surface area contributed by atoms with E-state index in [9.17, 15) is 18.0 Å². The van der Waals surface area contributed by atoms with E-state index in [0.29, 0.717) is 0 Å². The van der Waals surface area contributed by atoms with E-state index in [1.807, 2.05) is 0 Å². The molecule has 0 unspecified atom stereocenters. The summed E-state index contributed by atoms with van der Waals surface area (Å²) in [5, 5.41) is 1.84. The zero-order chi connectivity index (χ0) is 14.1. The molecule has 0 aliphatic rings. The summed E-state index contributed by atoms with van der Waals surface area (Å²) in [6, 6.07) is 2.52. The average Bonchev–Trinajstić information content (AvgIpc) is 2.20. The van der Waals surface area contributed by atoms with Crippen molar-refractivity contribution in [3.05, 3.63) is 27.2 Å². The Morgan fingerprint density at radius 1 is 1.39 bits per heavy atom. The van der Waals surface area contributed by atoms with Crippen LogP contribution in [0.1, 0.15) is 19.4 Å². The monoisotopic (exact) mass is 343 g/mol. The van der Waals surface area contributed by atoms with Crippen molar-refractivity contribution < 1.29 is 18.0 Å². The van der Waals surface area contributed by atoms with Gasteiger partial charge in [-0.1, -0.05) is 41.4 Å². The van der Waals surface area contributed by atoms with Crippen LogP contribution in [0.4, 0.5) is 18.9 Å². The van der Waals surface area contributed by atoms with Crippen LogP contribution in [0.15, 0.2) is 16.6 Å². The van der Waals surface area contributed by atoms with E-state index in [-0.39, 0.29) is 16.1 Å². The summed E-state index contributed by atoms with van der Waals surface area (Å²) in [5.74, 6) is -0.744. The Hall–Kier alpha value is -0.750. The highest BCUT2D eigenvalue weighted by atomic mass is 79.9. The summed E-state index contributed by atoms with van der Waals surface area (Å²) >= 11 is 8.48. The third-order valence-electron chi connectivity index (χ3n) is 2.16. The van der Waals surface area contributed by atoms with Crippen LogP contribution in [-0.2, 0) is 11.0 Å². The van der Waals surface area contributed by atoms with Crippen LogP contribution >= 0.6 is 27.5 Å². The van der Waals surface area contributed by atoms with Gasteiger partial charge in [-0.15, -0.1) is 0 Å². The Bertz CT molecular complexity index is 474. The predicted molar refractivity (Wildman–Crippen MR) is 67.6 cm³/mol. The molecule has 0 atom stereocenters. The predicted octanol–water partition coefficient (Wildman–Crippen LogP) is 4.72. The van der Waals surface area contributed by atoms with Gasteiger partial charge in [0.15, 0.2) is 0 Å². The highest BCUT2D eigenvalue weighted by Gasteiger charge is 2.36. The molecule has 0 saturated carbocycles. The van der Waals surface area contributed by atoms with Crippen molar-refractivity contribution in [2.75, 3.05) is 5.32 Å². The van der Waals surface area contributed by atoms with Gasteiger partial charge in [-0.3, -0.25) is 4.79 Å². The molecular formula is C11H10BrClF3NO. The maximum atomic E-state index is 12.8. The first kappa shape index (κ1) is 15.3. The van der Waals surface area contributed by atoms with Crippen molar-refractivity contribution in [2.45, 2.75) is 20.0 Å². The number of benzene rings is 1. The number of anilines is 1. The number of amides is 1. The maximum Gasteiger partial charge on any atom is 0.419 e. The summed E-state index contributed by atoms with van der Waals surface area (Å²) in [7, 11) is 0. The molecular weight excluding hydrogens is 334 g/mol. The topological polar surface area (TPSA) is 29.1 Å². The van der Waals surface area contributed by atoms with Crippen LogP contribution < -0.4 is 5.32 Å². The number of nitrogens with one attached hydrogen (secondary N) is 1. The molecule has 7 heteroatoms. The highest BCUT2D eigenvalue weighted by molar-refractivity contribution is 9.10. The first-order chi connectivity index (χ1) is 8.14. The maximum absolute atomic E-state index is 12.8. The molecule has 0 bridgehead atoms. The van der Waals surface area contributed by atoms with Gasteiger partial charge in [0.1, 0.15) is 0 Å². The van der Waals surface area contributed by atoms with Gasteiger partial charge in [0.05, 0.1) is 16.3 Å². The summed E-state index contributed by atoms with van der Waals surface area (Å²) in [6.07, 6.45) is -4.59. The molecule has 2 nitrogen and oxygen atoms in total. The molecule has 100 valence electrons. The second kappa shape index (κ2) is 5.48. The van der Waals surface area contributed by atoms with Crippen LogP contribution in [0.5, 0.6) is 0 Å². The molecule has 0 spiro atoms. The second-order valence-electron chi connectivity index (χ2n) is 3.93. The molecule has 1 rings (SSSR count). The quantitative estimate of drug-likeness (QED) is 0.826. The highest BCUT2D eigenvalue weighted by Crippen LogP contribution is 2.42. The Balaban J connectivity index is 3.22. The van der Waals surface area contributed by atoms with E-state index in [0.717, 1.165) is 0 Å². The summed E-state index contributed by atoms with van der Waals surface area (Å²) in [4.78, 5) is 11.4. The number of rotatable bonds is 2. The minimum Gasteiger partial charge on any atom is -0.325 e. The largest absolute Gasteiger partial charge is 0.419 e. The summed E-state index contributed by atoms with van der Waals surface area (Å²) < 4.78 is 38.1. The minimum atomic E-state index is -4.59. The molecule has 1 aromatic rings. The standard InChI is InChI=1S/C11H10BrClF3NO/c1-5(2)10(18)17-7-4-3-6(12)8(9(7)13)11(14,15)16/h3-5H,1-2H3,(H,17,18). The Morgan fingerprint density at radius 3 is 2.39 bits per heavy atom. The second-order valence-corrected chi connectivity index (χ2v) is 5.16. The van der Waals surface area contributed by atoms with Gasteiger partial charge in [0, 0.05) is 10.4 Å². The van der Waals surface area contributed by atoms with Crippen LogP contribution in [0.2, 0.25) is 5.02 Å². The van der Waals surface area contributed by atoms with Gasteiger partial charge in [0.25, 0.3) is 0 Å². The van der Waals surface area contributed by atoms with E-state index < -0.39 is 22.7 Å². The summed E-state index contributed by atoms with van der Waals surface area (Å²) in [6.45, 7) is 3.26. The molecule has 1 N–H and O–H groups in total. The van der Waals surface area contributed by atoms with Gasteiger partial charge in [-0.05, 0) is 12.1 Å². The van der Waals surface area contributed by atoms with Gasteiger partial charge >= 0.3 is 6.18 Å². The fraction of sp³-hybridized carbons (Fsp3) is 0.364. The van der Waals surface area contributed by atoms with Gasteiger partial charge in [-0.25, -0.2) is 0 Å². The molecule has 0 radical (unpaired) electrons. The van der Waals surface area contributed by atoms with Crippen molar-refractivity contribution in [1.29, 1.82) is 0 Å². The van der Waals surface area contributed by atoms with E-state index in [4.69, 9.17) is 11.6 Å². The third-order valence-corrected chi connectivity index (χ3v) is 3.21. The SMILES string of the molecule is CC(C)C(=O)Nc1ccc(Br)c(C(F)(F)F)c1Cl. The zero-order valence-corrected chi connectivity index (χ0v) is 11.9. The van der Waals surface area contributed by atoms with Crippen molar-refractivity contribution in [3.63, 3.8) is 0 Å². The molecule has 0 saturated heterocycles. The lowest BCUT2D eigenvalue weighted by molar-refractivity contribution is -0.138. The van der Waals surface area contributed by atoms with Crippen molar-refractivity contribution in [2.24, 2.45) is 5.92 Å². The first-order valence-electron chi connectivity index (χ1n) is 5.00. The van der Waals surface area contributed by atoms with E-state index in [1.165, 1.54) is 12.1 Å². The zero-order valence-electron chi connectivity index (χ0n) is 9.53. The number of carbonyl (C=O) groups is 1. The number of halogens is 5. The number of carbonyl (C=O) groups excluding carboxylic acids is 1. The van der Waals surface area contributed by atoms with Crippen LogP contribution in [-0.4, -0.2) is 5.91 Å². The molecule has 18 heavy (non-hydrogen) atoms. The van der Waals surface area contributed by atoms with E-state index in [1.54, 1.807) is 13.8 Å². The van der Waals surface area contributed by atoms with Crippen molar-refractivity contribution >= 4 is 39.1 Å². The van der Waals surface area contributed by atoms with Crippen molar-refractivity contribution in [3.8, 4) is 0 Å². The van der Waals surface area contributed by atoms with E-state index >= 15 is 0 Å². The third kappa shape index (κ3) is 3.38. The number of alkyl halides is 3. The Labute approximate surface area is 116 Å². The number of hydrogen-bond acceptors (Lipinski definition) is 1. The first-order valence-corrected chi connectivity index (χ1v) is 6.17. The lowest BCUT2D eigenvalue weighted by atomic mass is 10.1. The fourth-order valence-corrected chi connectivity index (χ4v) is 2.17. The van der Waals surface area contributed by atoms with Crippen molar-refractivity contribution in [1.82, 2.24) is 0 Å². The summed E-state index contributed by atoms with van der Waals surface area (Å²) in [5.41, 5.74) is -1.04. The molecule has 0 aromatic heterocycles. The molecule has 1 aromatic carbocycles. The Morgan fingerprint density at radius 2 is 1.94 bits per heavy atom. The van der Waals surface area contributed by atoms with Gasteiger partial charge < -0.3 is 5.32 Å². The molecule has 0 fully saturated rings. The lowest BCUT2D eigenvalue weighted by Crippen LogP contribution is -2.19. The normalized spacial score (nSPS) is 11.8. The van der Waals surface area contributed by atoms with Crippen LogP contribution in [0, 0.1) is 5.92 Å². The molecule has 0 aliphatic carbocycles. The minimum absolute atomic E-state index is 0.0501. The molecule has 0 aliphatic heterocycles. The number of hydrogen-bond donors (Lipinski definition) is 1. The molecule has 0 heterocycles. The molecule has 1 amide bonds. The van der Waals surface area contributed by atoms with E-state index in [2.05, 4.69) is 21.2 Å². The van der Waals surface area contributed by atoms with Crippen LogP contribution in [0.25, 0.3) is 0 Å².